The molecule has 0 saturated carbocycles. The molecule has 308 valence electrons. The first-order valence-corrected chi connectivity index (χ1v) is 20.0. The number of Topliss-reactive ketones (excluding diaryl/α,β-unsaturated/α-hetero) is 1. The molecule has 2 aromatic carbocycles. The number of aryl methyl sites for hydroxylation is 1. The van der Waals surface area contributed by atoms with E-state index in [1.54, 1.807) is 6.07 Å². The molecule has 0 bridgehead atoms. The third-order valence-electron chi connectivity index (χ3n) is 9.36. The summed E-state index contributed by atoms with van der Waals surface area (Å²) in [5, 5.41) is 18.5. The molecule has 0 radical (unpaired) electrons. The van der Waals surface area contributed by atoms with Crippen molar-refractivity contribution in [2.45, 2.75) is 81.6 Å². The van der Waals surface area contributed by atoms with Crippen LogP contribution in [0.25, 0.3) is 22.0 Å². The topological polar surface area (TPSA) is 120 Å². The first-order valence-electron chi connectivity index (χ1n) is 17.5. The van der Waals surface area contributed by atoms with Gasteiger partial charge in [-0.25, -0.2) is 39.7 Å². The monoisotopic (exact) mass is 855 g/mol. The quantitative estimate of drug-likeness (QED) is 0.105. The average molecular weight is 856 g/mol. The van der Waals surface area contributed by atoms with Gasteiger partial charge in [0.2, 0.25) is 0 Å². The molecule has 5 aromatic rings. The van der Waals surface area contributed by atoms with E-state index < -0.39 is 106 Å². The van der Waals surface area contributed by atoms with Gasteiger partial charge < -0.3 is 5.11 Å². The summed E-state index contributed by atoms with van der Waals surface area (Å²) in [5.41, 5.74) is -5.13. The molecule has 6 rings (SSSR count). The van der Waals surface area contributed by atoms with Crippen LogP contribution in [0, 0.1) is 23.5 Å². The van der Waals surface area contributed by atoms with Gasteiger partial charge in [-0.15, -0.1) is 0 Å². The lowest BCUT2D eigenvalue weighted by molar-refractivity contribution is -0.121. The SMILES string of the molecule is Cn1nc(CS(C)(=O)=O)c2c(Cl)ccc(-c3ccc(C#CC(C)(C)O)nc3[C@@H](CC(=O)Cn3nc(C(F)F)c4c3C(F)(F)CCC4(F)F)Cc3cc(F)cc(F)c3)c21. The van der Waals surface area contributed by atoms with E-state index in [-0.39, 0.29) is 49.7 Å². The summed E-state index contributed by atoms with van der Waals surface area (Å²) < 4.78 is 144. The molecule has 1 aliphatic carbocycles. The number of aromatic nitrogens is 5. The van der Waals surface area contributed by atoms with Crippen molar-refractivity contribution in [2.24, 2.45) is 7.05 Å². The van der Waals surface area contributed by atoms with Crippen molar-refractivity contribution < 1.29 is 53.4 Å². The standard InChI is InChI=1S/C39H34ClF8N5O4S/c1-37(2,55)10-9-24-5-6-26(27-7-8-28(40)30-29(19-58(4,56)57)50-52(3)34(27)30)32(49-24)21(13-20-14-22(41)17-23(42)15-20)16-25(54)18-53-35-31(33(51-53)36(43)44)38(45,46)11-12-39(35,47)48/h5-8,14-15,17,21,36,55H,11-13,16,18-19H2,1-4H3/t21-/m1/s1. The second-order valence-electron chi connectivity index (χ2n) is 14.8. The molecule has 0 aliphatic heterocycles. The van der Waals surface area contributed by atoms with Gasteiger partial charge in [-0.3, -0.25) is 14.2 Å². The Labute approximate surface area is 331 Å². The van der Waals surface area contributed by atoms with Crippen LogP contribution in [-0.2, 0) is 52.2 Å². The van der Waals surface area contributed by atoms with Gasteiger partial charge in [0.25, 0.3) is 18.3 Å². The maximum Gasteiger partial charge on any atom is 0.290 e. The zero-order valence-electron chi connectivity index (χ0n) is 31.2. The van der Waals surface area contributed by atoms with Crippen LogP contribution in [-0.4, -0.2) is 55.7 Å². The Morgan fingerprint density at radius 3 is 2.24 bits per heavy atom. The van der Waals surface area contributed by atoms with Crippen molar-refractivity contribution in [1.82, 2.24) is 24.5 Å². The lowest BCUT2D eigenvalue weighted by atomic mass is 9.86. The first kappa shape index (κ1) is 42.7. The number of ketones is 1. The molecule has 0 spiro atoms. The van der Waals surface area contributed by atoms with Gasteiger partial charge in [-0.05, 0) is 62.1 Å². The minimum absolute atomic E-state index is 0.0101. The van der Waals surface area contributed by atoms with Gasteiger partial charge in [0.1, 0.15) is 40.9 Å². The summed E-state index contributed by atoms with van der Waals surface area (Å²) in [5.74, 6) is -7.43. The highest BCUT2D eigenvalue weighted by atomic mass is 35.5. The molecule has 0 saturated heterocycles. The van der Waals surface area contributed by atoms with Gasteiger partial charge >= 0.3 is 0 Å². The van der Waals surface area contributed by atoms with E-state index >= 15 is 8.78 Å². The van der Waals surface area contributed by atoms with Gasteiger partial charge in [0.05, 0.1) is 33.2 Å². The van der Waals surface area contributed by atoms with Crippen LogP contribution in [0.5, 0.6) is 0 Å². The zero-order chi connectivity index (χ0) is 42.7. The van der Waals surface area contributed by atoms with Crippen molar-refractivity contribution in [3.63, 3.8) is 0 Å². The van der Waals surface area contributed by atoms with Gasteiger partial charge in [-0.2, -0.15) is 19.0 Å². The van der Waals surface area contributed by atoms with Crippen LogP contribution in [0.1, 0.15) is 85.0 Å². The number of hydrogen-bond acceptors (Lipinski definition) is 7. The van der Waals surface area contributed by atoms with Gasteiger partial charge in [-0.1, -0.05) is 23.6 Å². The molecule has 3 heterocycles. The summed E-state index contributed by atoms with van der Waals surface area (Å²) in [6, 6.07) is 8.61. The van der Waals surface area contributed by atoms with E-state index in [1.165, 1.54) is 43.8 Å². The second-order valence-corrected chi connectivity index (χ2v) is 17.3. The number of alkyl halides is 6. The lowest BCUT2D eigenvalue weighted by Crippen LogP contribution is -2.33. The van der Waals surface area contributed by atoms with E-state index in [1.807, 2.05) is 0 Å². The van der Waals surface area contributed by atoms with Crippen LogP contribution in [0.4, 0.5) is 35.1 Å². The number of nitrogens with zero attached hydrogens (tertiary/aromatic N) is 5. The van der Waals surface area contributed by atoms with Crippen LogP contribution in [0.2, 0.25) is 5.02 Å². The van der Waals surface area contributed by atoms with Crippen molar-refractivity contribution >= 4 is 38.1 Å². The van der Waals surface area contributed by atoms with Gasteiger partial charge in [0, 0.05) is 61.1 Å². The maximum atomic E-state index is 15.2. The summed E-state index contributed by atoms with van der Waals surface area (Å²) in [4.78, 5) is 18.7. The van der Waals surface area contributed by atoms with E-state index in [4.69, 9.17) is 16.6 Å². The Morgan fingerprint density at radius 2 is 1.62 bits per heavy atom. The van der Waals surface area contributed by atoms with Crippen LogP contribution in [0.3, 0.4) is 0 Å². The number of rotatable bonds is 11. The fourth-order valence-corrected chi connectivity index (χ4v) is 8.11. The third kappa shape index (κ3) is 9.06. The Bertz CT molecular complexity index is 2610. The average Bonchev–Trinajstić information content (AvgIpc) is 3.64. The number of fused-ring (bicyclic) bond motifs is 2. The molecule has 58 heavy (non-hydrogen) atoms. The normalized spacial score (nSPS) is 15.6. The Balaban J connectivity index is 1.55. The fourth-order valence-electron chi connectivity index (χ4n) is 7.15. The van der Waals surface area contributed by atoms with E-state index in [0.717, 1.165) is 18.4 Å². The highest BCUT2D eigenvalue weighted by Gasteiger charge is 2.55. The Kier molecular flexibility index (Phi) is 11.3. The number of aliphatic hydroxyl groups is 1. The molecule has 3 aromatic heterocycles. The predicted octanol–water partition coefficient (Wildman–Crippen LogP) is 8.33. The van der Waals surface area contributed by atoms with Crippen LogP contribution in [0.15, 0.2) is 42.5 Å². The molecule has 1 N–H and O–H groups in total. The summed E-state index contributed by atoms with van der Waals surface area (Å²) in [6.07, 6.45) is -6.53. The van der Waals surface area contributed by atoms with E-state index in [9.17, 15) is 44.7 Å². The van der Waals surface area contributed by atoms with E-state index in [2.05, 4.69) is 22.0 Å². The summed E-state index contributed by atoms with van der Waals surface area (Å²) >= 11 is 6.59. The summed E-state index contributed by atoms with van der Waals surface area (Å²) in [6.45, 7) is 1.65. The molecule has 0 amide bonds. The number of halogens is 9. The Morgan fingerprint density at radius 1 is 0.983 bits per heavy atom. The number of carbonyl (C=O) groups excluding carboxylic acids is 1. The molecule has 1 atom stereocenters. The van der Waals surface area contributed by atoms with Crippen molar-refractivity contribution in [3.05, 3.63) is 98.7 Å². The Hall–Kier alpha value is -4.86. The smallest absolute Gasteiger partial charge is 0.290 e. The van der Waals surface area contributed by atoms with Crippen LogP contribution < -0.4 is 0 Å². The largest absolute Gasteiger partial charge is 0.378 e. The molecule has 0 unspecified atom stereocenters. The number of sulfone groups is 1. The lowest BCUT2D eigenvalue weighted by Gasteiger charge is -2.29. The van der Waals surface area contributed by atoms with E-state index in [0.29, 0.717) is 17.1 Å². The minimum atomic E-state index is -4.09. The number of carbonyl (C=O) groups is 1. The van der Waals surface area contributed by atoms with Gasteiger partial charge in [0.15, 0.2) is 15.6 Å². The predicted molar refractivity (Wildman–Crippen MR) is 197 cm³/mol. The number of hydrogen-bond donors (Lipinski definition) is 1. The third-order valence-corrected chi connectivity index (χ3v) is 10.5. The van der Waals surface area contributed by atoms with Crippen molar-refractivity contribution in [2.75, 3.05) is 6.26 Å². The first-order chi connectivity index (χ1) is 26.8. The molecular weight excluding hydrogens is 822 g/mol. The number of benzene rings is 2. The molecular formula is C39H34ClF8N5O4S. The van der Waals surface area contributed by atoms with Crippen molar-refractivity contribution in [3.8, 4) is 23.0 Å². The molecule has 0 fully saturated rings. The molecule has 19 heteroatoms. The highest BCUT2D eigenvalue weighted by molar-refractivity contribution is 7.89. The zero-order valence-corrected chi connectivity index (χ0v) is 32.7. The minimum Gasteiger partial charge on any atom is -0.378 e. The van der Waals surface area contributed by atoms with Crippen molar-refractivity contribution in [1.29, 1.82) is 0 Å². The molecule has 1 aliphatic rings. The number of pyridine rings is 1. The maximum absolute atomic E-state index is 15.2. The highest BCUT2D eigenvalue weighted by Crippen LogP contribution is 2.52. The second kappa shape index (κ2) is 15.4. The molecule has 9 nitrogen and oxygen atoms in total. The van der Waals surface area contributed by atoms with Crippen LogP contribution >= 0.6 is 11.6 Å². The summed E-state index contributed by atoms with van der Waals surface area (Å²) in [7, 11) is -2.09. The fraction of sp³-hybridized carbons (Fsp3) is 0.385.